The van der Waals surface area contributed by atoms with Crippen LogP contribution in [0.1, 0.15) is 15.9 Å². The van der Waals surface area contributed by atoms with Crippen LogP contribution < -0.4 is 10.6 Å². The van der Waals surface area contributed by atoms with Crippen LogP contribution in [0, 0.1) is 0 Å². The van der Waals surface area contributed by atoms with Gasteiger partial charge in [-0.25, -0.2) is 0 Å². The molecule has 0 radical (unpaired) electrons. The summed E-state index contributed by atoms with van der Waals surface area (Å²) in [4.78, 5) is 25.7. The summed E-state index contributed by atoms with van der Waals surface area (Å²) in [5.74, 6) is -0.732. The summed E-state index contributed by atoms with van der Waals surface area (Å²) in [6, 6.07) is 31.9. The van der Waals surface area contributed by atoms with Crippen LogP contribution in [0.4, 0.5) is 5.69 Å². The smallest absolute Gasteiger partial charge is 0.272 e. The van der Waals surface area contributed by atoms with Gasteiger partial charge in [-0.2, -0.15) is 0 Å². The monoisotopic (exact) mass is 392 g/mol. The number of carbonyl (C=O) groups excluding carboxylic acids is 2. The number of carbonyl (C=O) groups is 2. The van der Waals surface area contributed by atoms with E-state index in [0.717, 1.165) is 16.3 Å². The third-order valence-electron chi connectivity index (χ3n) is 4.65. The number of rotatable bonds is 5. The molecule has 2 N–H and O–H groups in total. The molecule has 146 valence electrons. The SMILES string of the molecule is O=C(Nc1ccc2ccccc2c1)C(=Cc1ccccc1)NC(=O)c1ccccc1. The minimum Gasteiger partial charge on any atom is -0.321 e. The maximum atomic E-state index is 13.0. The maximum Gasteiger partial charge on any atom is 0.272 e. The van der Waals surface area contributed by atoms with Crippen LogP contribution in [-0.4, -0.2) is 11.8 Å². The lowest BCUT2D eigenvalue weighted by Crippen LogP contribution is -2.30. The predicted octanol–water partition coefficient (Wildman–Crippen LogP) is 5.25. The van der Waals surface area contributed by atoms with E-state index in [2.05, 4.69) is 10.6 Å². The minimum atomic E-state index is -0.390. The molecule has 30 heavy (non-hydrogen) atoms. The molecule has 0 atom stereocenters. The highest BCUT2D eigenvalue weighted by molar-refractivity contribution is 6.11. The zero-order chi connectivity index (χ0) is 20.8. The normalized spacial score (nSPS) is 11.1. The van der Waals surface area contributed by atoms with Crippen molar-refractivity contribution in [3.8, 4) is 0 Å². The summed E-state index contributed by atoms with van der Waals surface area (Å²) in [6.45, 7) is 0. The van der Waals surface area contributed by atoms with Crippen molar-refractivity contribution >= 4 is 34.4 Å². The maximum absolute atomic E-state index is 13.0. The summed E-state index contributed by atoms with van der Waals surface area (Å²) < 4.78 is 0. The Kier molecular flexibility index (Phi) is 5.67. The molecule has 4 aromatic rings. The Bertz CT molecular complexity index is 1220. The number of hydrogen-bond acceptors (Lipinski definition) is 2. The standard InChI is InChI=1S/C26H20N2O2/c29-25(21-12-5-2-6-13-21)28-24(17-19-9-3-1-4-10-19)26(30)27-23-16-15-20-11-7-8-14-22(20)18-23/h1-18H,(H,27,30)(H,28,29). The molecule has 0 aromatic heterocycles. The van der Waals surface area contributed by atoms with E-state index in [9.17, 15) is 9.59 Å². The van der Waals surface area contributed by atoms with E-state index >= 15 is 0 Å². The van der Waals surface area contributed by atoms with Crippen molar-refractivity contribution < 1.29 is 9.59 Å². The molecule has 0 aliphatic rings. The number of benzene rings is 4. The number of amides is 2. The van der Waals surface area contributed by atoms with Gasteiger partial charge >= 0.3 is 0 Å². The van der Waals surface area contributed by atoms with E-state index in [4.69, 9.17) is 0 Å². The quantitative estimate of drug-likeness (QED) is 0.456. The lowest BCUT2D eigenvalue weighted by molar-refractivity contribution is -0.113. The fourth-order valence-electron chi connectivity index (χ4n) is 3.12. The van der Waals surface area contributed by atoms with Crippen LogP contribution in [0.2, 0.25) is 0 Å². The molecule has 0 heterocycles. The third-order valence-corrected chi connectivity index (χ3v) is 4.65. The highest BCUT2D eigenvalue weighted by Gasteiger charge is 2.15. The van der Waals surface area contributed by atoms with Gasteiger partial charge < -0.3 is 10.6 Å². The van der Waals surface area contributed by atoms with E-state index in [1.165, 1.54) is 0 Å². The second-order valence-electron chi connectivity index (χ2n) is 6.80. The van der Waals surface area contributed by atoms with Gasteiger partial charge in [0, 0.05) is 11.3 Å². The largest absolute Gasteiger partial charge is 0.321 e. The molecule has 4 aromatic carbocycles. The molecule has 0 unspecified atom stereocenters. The predicted molar refractivity (Wildman–Crippen MR) is 121 cm³/mol. The van der Waals surface area contributed by atoms with Crippen LogP contribution in [0.5, 0.6) is 0 Å². The van der Waals surface area contributed by atoms with Gasteiger partial charge in [-0.1, -0.05) is 78.9 Å². The third kappa shape index (κ3) is 4.62. The Morgan fingerprint density at radius 1 is 0.667 bits per heavy atom. The van der Waals surface area contributed by atoms with Crippen LogP contribution in [0.3, 0.4) is 0 Å². The molecular formula is C26H20N2O2. The first-order chi connectivity index (χ1) is 14.7. The zero-order valence-electron chi connectivity index (χ0n) is 16.2. The second-order valence-corrected chi connectivity index (χ2v) is 6.80. The van der Waals surface area contributed by atoms with Gasteiger partial charge in [-0.05, 0) is 46.7 Å². The van der Waals surface area contributed by atoms with Crippen LogP contribution in [-0.2, 0) is 4.79 Å². The van der Waals surface area contributed by atoms with E-state index in [-0.39, 0.29) is 11.6 Å². The molecular weight excluding hydrogens is 372 g/mol. The van der Waals surface area contributed by atoms with Crippen molar-refractivity contribution in [1.29, 1.82) is 0 Å². The lowest BCUT2D eigenvalue weighted by atomic mass is 10.1. The van der Waals surface area contributed by atoms with E-state index < -0.39 is 5.91 Å². The van der Waals surface area contributed by atoms with Gasteiger partial charge in [0.1, 0.15) is 5.70 Å². The first-order valence-corrected chi connectivity index (χ1v) is 9.62. The van der Waals surface area contributed by atoms with Gasteiger partial charge in [0.2, 0.25) is 0 Å². The van der Waals surface area contributed by atoms with Crippen LogP contribution >= 0.6 is 0 Å². The van der Waals surface area contributed by atoms with Crippen LogP contribution in [0.15, 0.2) is 109 Å². The van der Waals surface area contributed by atoms with Crippen LogP contribution in [0.25, 0.3) is 16.8 Å². The van der Waals surface area contributed by atoms with Crippen molar-refractivity contribution in [3.05, 3.63) is 120 Å². The van der Waals surface area contributed by atoms with E-state index in [0.29, 0.717) is 11.3 Å². The highest BCUT2D eigenvalue weighted by Crippen LogP contribution is 2.19. The van der Waals surface area contributed by atoms with E-state index in [1.807, 2.05) is 78.9 Å². The summed E-state index contributed by atoms with van der Waals surface area (Å²) in [6.07, 6.45) is 1.66. The Labute approximate surface area is 174 Å². The van der Waals surface area contributed by atoms with E-state index in [1.54, 1.807) is 30.3 Å². The lowest BCUT2D eigenvalue weighted by Gasteiger charge is -2.12. The number of nitrogens with one attached hydrogen (secondary N) is 2. The number of anilines is 1. The molecule has 0 bridgehead atoms. The van der Waals surface area contributed by atoms with Gasteiger partial charge in [0.05, 0.1) is 0 Å². The molecule has 4 nitrogen and oxygen atoms in total. The van der Waals surface area contributed by atoms with Gasteiger partial charge in [-0.15, -0.1) is 0 Å². The molecule has 0 spiro atoms. The van der Waals surface area contributed by atoms with Crippen molar-refractivity contribution in [2.45, 2.75) is 0 Å². The Balaban J connectivity index is 1.61. The fourth-order valence-corrected chi connectivity index (χ4v) is 3.12. The van der Waals surface area contributed by atoms with Gasteiger partial charge in [0.15, 0.2) is 0 Å². The summed E-state index contributed by atoms with van der Waals surface area (Å²) >= 11 is 0. The minimum absolute atomic E-state index is 0.170. The Morgan fingerprint density at radius 2 is 1.30 bits per heavy atom. The fraction of sp³-hybridized carbons (Fsp3) is 0. The number of fused-ring (bicyclic) bond motifs is 1. The topological polar surface area (TPSA) is 58.2 Å². The van der Waals surface area contributed by atoms with Crippen molar-refractivity contribution in [3.63, 3.8) is 0 Å². The summed E-state index contributed by atoms with van der Waals surface area (Å²) in [5.41, 5.74) is 2.12. The summed E-state index contributed by atoms with van der Waals surface area (Å²) in [5, 5.41) is 7.75. The Morgan fingerprint density at radius 3 is 2.03 bits per heavy atom. The highest BCUT2D eigenvalue weighted by atomic mass is 16.2. The molecule has 0 fully saturated rings. The molecule has 0 aliphatic carbocycles. The zero-order valence-corrected chi connectivity index (χ0v) is 16.2. The van der Waals surface area contributed by atoms with Gasteiger partial charge in [0.25, 0.3) is 11.8 Å². The average molecular weight is 392 g/mol. The molecule has 0 saturated carbocycles. The van der Waals surface area contributed by atoms with Crippen molar-refractivity contribution in [2.75, 3.05) is 5.32 Å². The molecule has 2 amide bonds. The van der Waals surface area contributed by atoms with Crippen molar-refractivity contribution in [1.82, 2.24) is 5.32 Å². The van der Waals surface area contributed by atoms with Crippen molar-refractivity contribution in [2.24, 2.45) is 0 Å². The summed E-state index contributed by atoms with van der Waals surface area (Å²) in [7, 11) is 0. The molecule has 4 heteroatoms. The Hall–Kier alpha value is -4.18. The molecule has 0 aliphatic heterocycles. The molecule has 0 saturated heterocycles. The first-order valence-electron chi connectivity index (χ1n) is 9.62. The molecule has 4 rings (SSSR count). The van der Waals surface area contributed by atoms with Gasteiger partial charge in [-0.3, -0.25) is 9.59 Å². The first kappa shape index (κ1) is 19.2. The average Bonchev–Trinajstić information content (AvgIpc) is 2.80. The number of hydrogen-bond donors (Lipinski definition) is 2. The second kappa shape index (κ2) is 8.88.